The quantitative estimate of drug-likeness (QED) is 0.535. The Kier molecular flexibility index (Phi) is 5.42. The summed E-state index contributed by atoms with van der Waals surface area (Å²) in [5.41, 5.74) is 3.46. The van der Waals surface area contributed by atoms with Crippen molar-refractivity contribution in [1.82, 2.24) is 9.55 Å². The van der Waals surface area contributed by atoms with E-state index in [9.17, 15) is 0 Å². The van der Waals surface area contributed by atoms with E-state index in [1.165, 1.54) is 11.1 Å². The lowest BCUT2D eigenvalue weighted by molar-refractivity contribution is 0.186. The number of aromatic nitrogens is 2. The largest absolute Gasteiger partial charge is 0.483 e. The number of hydrogen-bond donors (Lipinski definition) is 0. The van der Waals surface area contributed by atoms with Crippen LogP contribution in [0.4, 0.5) is 0 Å². The Hall–Kier alpha value is -2.29. The van der Waals surface area contributed by atoms with Gasteiger partial charge in [0.15, 0.2) is 11.9 Å². The molecule has 1 heterocycles. The first-order chi connectivity index (χ1) is 12.1. The van der Waals surface area contributed by atoms with Crippen LogP contribution in [0.5, 0.6) is 5.75 Å². The SMILES string of the molecule is CCC(Oc1cccc(C)c1)c1nc2ccccc2n1CCC(C)C. The molecule has 0 amide bonds. The van der Waals surface area contributed by atoms with Crippen molar-refractivity contribution in [2.24, 2.45) is 5.92 Å². The van der Waals surface area contributed by atoms with Gasteiger partial charge in [-0.3, -0.25) is 0 Å². The first-order valence-electron chi connectivity index (χ1n) is 9.27. The summed E-state index contributed by atoms with van der Waals surface area (Å²) in [6.45, 7) is 9.75. The molecule has 3 aromatic rings. The van der Waals surface area contributed by atoms with E-state index in [-0.39, 0.29) is 6.10 Å². The zero-order valence-corrected chi connectivity index (χ0v) is 15.7. The number of aryl methyl sites for hydroxylation is 2. The maximum absolute atomic E-state index is 6.32. The first-order valence-corrected chi connectivity index (χ1v) is 9.27. The van der Waals surface area contributed by atoms with Crippen molar-refractivity contribution in [3.05, 3.63) is 59.9 Å². The smallest absolute Gasteiger partial charge is 0.156 e. The fourth-order valence-electron chi connectivity index (χ4n) is 3.13. The van der Waals surface area contributed by atoms with Crippen molar-refractivity contribution in [2.75, 3.05) is 0 Å². The zero-order valence-electron chi connectivity index (χ0n) is 15.7. The van der Waals surface area contributed by atoms with Crippen molar-refractivity contribution in [1.29, 1.82) is 0 Å². The van der Waals surface area contributed by atoms with Crippen molar-refractivity contribution in [3.8, 4) is 5.75 Å². The molecular formula is C22H28N2O. The normalized spacial score (nSPS) is 12.7. The van der Waals surface area contributed by atoms with Gasteiger partial charge in [0, 0.05) is 6.54 Å². The van der Waals surface area contributed by atoms with Crippen LogP contribution >= 0.6 is 0 Å². The highest BCUT2D eigenvalue weighted by Crippen LogP contribution is 2.28. The molecule has 0 saturated carbocycles. The molecule has 0 aliphatic rings. The van der Waals surface area contributed by atoms with Gasteiger partial charge in [-0.15, -0.1) is 0 Å². The number of rotatable bonds is 7. The summed E-state index contributed by atoms with van der Waals surface area (Å²) in [7, 11) is 0. The number of fused-ring (bicyclic) bond motifs is 1. The molecule has 0 N–H and O–H groups in total. The van der Waals surface area contributed by atoms with Crippen molar-refractivity contribution < 1.29 is 4.74 Å². The molecule has 0 aliphatic carbocycles. The minimum absolute atomic E-state index is 0.0404. The predicted octanol–water partition coefficient (Wildman–Crippen LogP) is 5.92. The molecule has 0 saturated heterocycles. The van der Waals surface area contributed by atoms with Crippen LogP contribution in [0.2, 0.25) is 0 Å². The van der Waals surface area contributed by atoms with Crippen LogP contribution in [0.15, 0.2) is 48.5 Å². The van der Waals surface area contributed by atoms with E-state index in [1.807, 2.05) is 18.2 Å². The number of hydrogen-bond acceptors (Lipinski definition) is 2. The van der Waals surface area contributed by atoms with Gasteiger partial charge in [-0.05, 0) is 55.5 Å². The first kappa shape index (κ1) is 17.5. The lowest BCUT2D eigenvalue weighted by atomic mass is 10.1. The lowest BCUT2D eigenvalue weighted by Crippen LogP contribution is -2.15. The minimum atomic E-state index is -0.0404. The number of ether oxygens (including phenoxy) is 1. The summed E-state index contributed by atoms with van der Waals surface area (Å²) < 4.78 is 8.67. The Labute approximate surface area is 150 Å². The average molecular weight is 336 g/mol. The van der Waals surface area contributed by atoms with Crippen molar-refractivity contribution in [2.45, 2.75) is 53.2 Å². The maximum atomic E-state index is 6.32. The van der Waals surface area contributed by atoms with Crippen molar-refractivity contribution in [3.63, 3.8) is 0 Å². The van der Waals surface area contributed by atoms with Gasteiger partial charge in [0.05, 0.1) is 11.0 Å². The van der Waals surface area contributed by atoms with E-state index in [2.05, 4.69) is 62.6 Å². The fourth-order valence-corrected chi connectivity index (χ4v) is 3.13. The molecule has 132 valence electrons. The molecule has 2 aromatic carbocycles. The molecule has 0 radical (unpaired) electrons. The van der Waals surface area contributed by atoms with Crippen LogP contribution < -0.4 is 4.74 Å². The summed E-state index contributed by atoms with van der Waals surface area (Å²) in [5.74, 6) is 2.60. The van der Waals surface area contributed by atoms with E-state index < -0.39 is 0 Å². The molecule has 3 nitrogen and oxygen atoms in total. The summed E-state index contributed by atoms with van der Waals surface area (Å²) in [6.07, 6.45) is 1.98. The summed E-state index contributed by atoms with van der Waals surface area (Å²) in [4.78, 5) is 4.92. The van der Waals surface area contributed by atoms with Crippen LogP contribution in [0.25, 0.3) is 11.0 Å². The summed E-state index contributed by atoms with van der Waals surface area (Å²) in [5, 5.41) is 0. The molecular weight excluding hydrogens is 308 g/mol. The second-order valence-corrected chi connectivity index (χ2v) is 7.12. The van der Waals surface area contributed by atoms with Crippen molar-refractivity contribution >= 4 is 11.0 Å². The van der Waals surface area contributed by atoms with Gasteiger partial charge in [-0.25, -0.2) is 4.98 Å². The van der Waals surface area contributed by atoms with E-state index in [0.717, 1.165) is 36.5 Å². The van der Waals surface area contributed by atoms with Crippen LogP contribution in [-0.2, 0) is 6.54 Å². The monoisotopic (exact) mass is 336 g/mol. The molecule has 0 spiro atoms. The highest BCUT2D eigenvalue weighted by atomic mass is 16.5. The highest BCUT2D eigenvalue weighted by Gasteiger charge is 2.20. The third-order valence-electron chi connectivity index (χ3n) is 4.54. The number of imidazole rings is 1. The van der Waals surface area contributed by atoms with E-state index in [1.54, 1.807) is 0 Å². The third-order valence-corrected chi connectivity index (χ3v) is 4.54. The zero-order chi connectivity index (χ0) is 17.8. The second-order valence-electron chi connectivity index (χ2n) is 7.12. The second kappa shape index (κ2) is 7.73. The Morgan fingerprint density at radius 2 is 1.88 bits per heavy atom. The molecule has 0 aliphatic heterocycles. The standard InChI is InChI=1S/C22H28N2O/c1-5-21(25-18-10-8-9-17(4)15-18)22-23-19-11-6-7-12-20(19)24(22)14-13-16(2)3/h6-12,15-16,21H,5,13-14H2,1-4H3. The maximum Gasteiger partial charge on any atom is 0.156 e. The Bertz CT molecular complexity index is 835. The predicted molar refractivity (Wildman–Crippen MR) is 104 cm³/mol. The fraction of sp³-hybridized carbons (Fsp3) is 0.409. The highest BCUT2D eigenvalue weighted by molar-refractivity contribution is 5.76. The minimum Gasteiger partial charge on any atom is -0.483 e. The van der Waals surface area contributed by atoms with E-state index in [0.29, 0.717) is 5.92 Å². The molecule has 3 heteroatoms. The molecule has 3 rings (SSSR count). The summed E-state index contributed by atoms with van der Waals surface area (Å²) in [6, 6.07) is 16.6. The van der Waals surface area contributed by atoms with Gasteiger partial charge in [0.2, 0.25) is 0 Å². The summed E-state index contributed by atoms with van der Waals surface area (Å²) >= 11 is 0. The number of nitrogens with zero attached hydrogens (tertiary/aromatic N) is 2. The van der Waals surface area contributed by atoms with Gasteiger partial charge in [0.1, 0.15) is 5.75 Å². The lowest BCUT2D eigenvalue weighted by Gasteiger charge is -2.20. The molecule has 0 fully saturated rings. The number of para-hydroxylation sites is 2. The molecule has 1 unspecified atom stereocenters. The van der Waals surface area contributed by atoms with Gasteiger partial charge in [-0.1, -0.05) is 45.0 Å². The van der Waals surface area contributed by atoms with Crippen LogP contribution in [0.1, 0.15) is 51.1 Å². The van der Waals surface area contributed by atoms with Gasteiger partial charge >= 0.3 is 0 Å². The Balaban J connectivity index is 1.97. The molecule has 1 aromatic heterocycles. The third kappa shape index (κ3) is 4.04. The molecule has 1 atom stereocenters. The van der Waals surface area contributed by atoms with Crippen LogP contribution in [-0.4, -0.2) is 9.55 Å². The van der Waals surface area contributed by atoms with Crippen LogP contribution in [0.3, 0.4) is 0 Å². The topological polar surface area (TPSA) is 27.1 Å². The van der Waals surface area contributed by atoms with Crippen LogP contribution in [0, 0.1) is 12.8 Å². The van der Waals surface area contributed by atoms with Gasteiger partial charge in [0.25, 0.3) is 0 Å². The Morgan fingerprint density at radius 1 is 1.08 bits per heavy atom. The number of benzene rings is 2. The average Bonchev–Trinajstić information content (AvgIpc) is 2.96. The molecule has 25 heavy (non-hydrogen) atoms. The van der Waals surface area contributed by atoms with E-state index in [4.69, 9.17) is 9.72 Å². The van der Waals surface area contributed by atoms with Gasteiger partial charge in [-0.2, -0.15) is 0 Å². The van der Waals surface area contributed by atoms with E-state index >= 15 is 0 Å². The van der Waals surface area contributed by atoms with Gasteiger partial charge < -0.3 is 9.30 Å². The Morgan fingerprint density at radius 3 is 2.60 bits per heavy atom. The molecule has 0 bridgehead atoms.